The Labute approximate surface area is 226 Å². The van der Waals surface area contributed by atoms with E-state index < -0.39 is 5.92 Å². The van der Waals surface area contributed by atoms with Crippen LogP contribution in [0.2, 0.25) is 0 Å². The van der Waals surface area contributed by atoms with Crippen molar-refractivity contribution >= 4 is 17.2 Å². The molecular weight excluding hydrogens is 484 g/mol. The smallest absolute Gasteiger partial charge is 0.251 e. The first kappa shape index (κ1) is 29.8. The molecule has 2 aromatic rings. The van der Waals surface area contributed by atoms with Gasteiger partial charge in [-0.2, -0.15) is 5.10 Å². The van der Waals surface area contributed by atoms with E-state index in [1.807, 2.05) is 33.9 Å². The second-order valence-electron chi connectivity index (χ2n) is 10.2. The van der Waals surface area contributed by atoms with Crippen molar-refractivity contribution in [3.8, 4) is 0 Å². The molecule has 1 unspecified atom stereocenters. The summed E-state index contributed by atoms with van der Waals surface area (Å²) in [5.41, 5.74) is 5.02. The molecule has 0 radical (unpaired) electrons. The SMILES string of the molecule is C=C(NC(c1cn2nc(C)c(C(CCC)CCC)nc2n1)C1CCC(F)(F)CC1)C1=NCN=C1CC.CC. The molecule has 0 saturated heterocycles. The van der Waals surface area contributed by atoms with Crippen molar-refractivity contribution < 1.29 is 8.78 Å². The minimum absolute atomic E-state index is 0.0104. The van der Waals surface area contributed by atoms with Gasteiger partial charge in [0.15, 0.2) is 0 Å². The minimum atomic E-state index is -2.60. The van der Waals surface area contributed by atoms with E-state index in [0.717, 1.165) is 60.6 Å². The van der Waals surface area contributed by atoms with Crippen LogP contribution in [-0.4, -0.2) is 43.6 Å². The van der Waals surface area contributed by atoms with E-state index in [9.17, 15) is 8.78 Å². The van der Waals surface area contributed by atoms with Crippen molar-refractivity contribution in [3.63, 3.8) is 0 Å². The van der Waals surface area contributed by atoms with Crippen molar-refractivity contribution in [2.45, 2.75) is 117 Å². The van der Waals surface area contributed by atoms with Crippen molar-refractivity contribution in [2.24, 2.45) is 15.9 Å². The first-order valence-electron chi connectivity index (χ1n) is 14.4. The summed E-state index contributed by atoms with van der Waals surface area (Å²) in [6.07, 6.45) is 7.54. The standard InChI is InChI=1S/C27H39F2N7.C2H6/c1-6-9-19(10-7-2)23-18(5)35-36-15-22(33-26(36)34-23)25(20-11-13-27(28,29)14-12-20)32-17(4)24-21(8-3)30-16-31-24;1-2/h15,19-20,25,32H,4,6-14,16H2,1-3,5H3;1-2H3. The van der Waals surface area contributed by atoms with E-state index in [4.69, 9.17) is 15.1 Å². The second kappa shape index (κ2) is 13.4. The number of aryl methyl sites for hydroxylation is 1. The highest BCUT2D eigenvalue weighted by Crippen LogP contribution is 2.41. The van der Waals surface area contributed by atoms with Crippen LogP contribution < -0.4 is 5.32 Å². The molecule has 3 heterocycles. The van der Waals surface area contributed by atoms with Crippen LogP contribution in [0.3, 0.4) is 0 Å². The number of aliphatic imine (C=N–C) groups is 2. The van der Waals surface area contributed by atoms with Gasteiger partial charge in [0.25, 0.3) is 5.78 Å². The number of nitrogens with one attached hydrogen (secondary N) is 1. The lowest BCUT2D eigenvalue weighted by Crippen LogP contribution is -2.36. The molecule has 0 bridgehead atoms. The fourth-order valence-corrected chi connectivity index (χ4v) is 5.57. The summed E-state index contributed by atoms with van der Waals surface area (Å²) in [7, 11) is 0. The van der Waals surface area contributed by atoms with E-state index >= 15 is 0 Å². The molecule has 210 valence electrons. The fourth-order valence-electron chi connectivity index (χ4n) is 5.57. The van der Waals surface area contributed by atoms with E-state index in [1.165, 1.54) is 0 Å². The number of hydrogen-bond donors (Lipinski definition) is 1. The fraction of sp³-hybridized carbons (Fsp3) is 0.690. The van der Waals surface area contributed by atoms with Crippen LogP contribution in [0, 0.1) is 12.8 Å². The highest BCUT2D eigenvalue weighted by Gasteiger charge is 2.39. The zero-order chi connectivity index (χ0) is 27.9. The number of aromatic nitrogens is 4. The number of hydrogen-bond acceptors (Lipinski definition) is 6. The third kappa shape index (κ3) is 6.83. The quantitative estimate of drug-likeness (QED) is 0.329. The Balaban J connectivity index is 0.00000195. The number of rotatable bonds is 11. The predicted octanol–water partition coefficient (Wildman–Crippen LogP) is 7.38. The molecule has 1 atom stereocenters. The molecule has 7 nitrogen and oxygen atoms in total. The number of fused-ring (bicyclic) bond motifs is 1. The number of imidazole rings is 1. The van der Waals surface area contributed by atoms with Crippen LogP contribution in [-0.2, 0) is 0 Å². The molecule has 1 N–H and O–H groups in total. The van der Waals surface area contributed by atoms with Gasteiger partial charge in [-0.15, -0.1) is 0 Å². The van der Waals surface area contributed by atoms with Gasteiger partial charge in [-0.05, 0) is 44.9 Å². The van der Waals surface area contributed by atoms with Gasteiger partial charge >= 0.3 is 0 Å². The third-order valence-electron chi connectivity index (χ3n) is 7.46. The summed E-state index contributed by atoms with van der Waals surface area (Å²) in [6.45, 7) is 17.1. The molecule has 0 amide bonds. The molecule has 1 saturated carbocycles. The molecule has 2 aliphatic rings. The second-order valence-corrected chi connectivity index (χ2v) is 10.2. The summed E-state index contributed by atoms with van der Waals surface area (Å²) in [6, 6.07) is -0.288. The summed E-state index contributed by atoms with van der Waals surface area (Å²) in [4.78, 5) is 18.8. The molecule has 1 aliphatic heterocycles. The normalized spacial score (nSPS) is 18.1. The predicted molar refractivity (Wildman–Crippen MR) is 151 cm³/mol. The average molecular weight is 530 g/mol. The van der Waals surface area contributed by atoms with Crippen molar-refractivity contribution in [2.75, 3.05) is 6.67 Å². The molecule has 0 aromatic carbocycles. The van der Waals surface area contributed by atoms with Gasteiger partial charge in [0.05, 0.1) is 40.7 Å². The Morgan fingerprint density at radius 1 is 1.11 bits per heavy atom. The third-order valence-corrected chi connectivity index (χ3v) is 7.46. The molecule has 4 rings (SSSR count). The Bertz CT molecular complexity index is 1140. The highest BCUT2D eigenvalue weighted by molar-refractivity contribution is 6.48. The number of halogens is 2. The van der Waals surface area contributed by atoms with Crippen molar-refractivity contribution in [1.29, 1.82) is 0 Å². The van der Waals surface area contributed by atoms with Crippen LogP contribution in [0.15, 0.2) is 28.5 Å². The first-order valence-corrected chi connectivity index (χ1v) is 14.4. The molecule has 38 heavy (non-hydrogen) atoms. The van der Waals surface area contributed by atoms with Gasteiger partial charge in [-0.3, -0.25) is 9.98 Å². The number of nitrogens with zero attached hydrogens (tertiary/aromatic N) is 6. The van der Waals surface area contributed by atoms with Gasteiger partial charge < -0.3 is 5.32 Å². The van der Waals surface area contributed by atoms with E-state index in [2.05, 4.69) is 35.7 Å². The Morgan fingerprint density at radius 2 is 1.76 bits per heavy atom. The molecule has 1 fully saturated rings. The van der Waals surface area contributed by atoms with Crippen LogP contribution >= 0.6 is 0 Å². The summed E-state index contributed by atoms with van der Waals surface area (Å²) in [5.74, 6) is -1.70. The molecule has 0 spiro atoms. The zero-order valence-electron chi connectivity index (χ0n) is 24.0. The monoisotopic (exact) mass is 529 g/mol. The van der Waals surface area contributed by atoms with Gasteiger partial charge in [0.1, 0.15) is 12.4 Å². The van der Waals surface area contributed by atoms with Crippen molar-refractivity contribution in [1.82, 2.24) is 24.9 Å². The van der Waals surface area contributed by atoms with Gasteiger partial charge in [0, 0.05) is 18.8 Å². The largest absolute Gasteiger partial charge is 0.375 e. The van der Waals surface area contributed by atoms with Crippen molar-refractivity contribution in [3.05, 3.63) is 35.6 Å². The molecule has 2 aromatic heterocycles. The van der Waals surface area contributed by atoms with Crippen LogP contribution in [0.1, 0.15) is 121 Å². The van der Waals surface area contributed by atoms with Crippen LogP contribution in [0.4, 0.5) is 8.78 Å². The maximum atomic E-state index is 14.0. The van der Waals surface area contributed by atoms with Crippen LogP contribution in [0.5, 0.6) is 0 Å². The first-order chi connectivity index (χ1) is 18.3. The summed E-state index contributed by atoms with van der Waals surface area (Å²) in [5, 5.41) is 8.30. The number of alkyl halides is 2. The molecular formula is C29H45F2N7. The molecule has 9 heteroatoms. The van der Waals surface area contributed by atoms with Gasteiger partial charge in [-0.1, -0.05) is 54.0 Å². The summed E-state index contributed by atoms with van der Waals surface area (Å²) < 4.78 is 29.7. The highest BCUT2D eigenvalue weighted by atomic mass is 19.3. The topological polar surface area (TPSA) is 79.8 Å². The molecule has 1 aliphatic carbocycles. The van der Waals surface area contributed by atoms with Crippen LogP contribution in [0.25, 0.3) is 5.78 Å². The number of allylic oxidation sites excluding steroid dienone is 1. The van der Waals surface area contributed by atoms with E-state index in [-0.39, 0.29) is 24.8 Å². The average Bonchev–Trinajstić information content (AvgIpc) is 3.55. The Morgan fingerprint density at radius 3 is 2.37 bits per heavy atom. The Hall–Kier alpha value is -2.71. The van der Waals surface area contributed by atoms with Gasteiger partial charge in [-0.25, -0.2) is 23.3 Å². The van der Waals surface area contributed by atoms with E-state index in [1.54, 1.807) is 4.52 Å². The van der Waals surface area contributed by atoms with Gasteiger partial charge in [0.2, 0.25) is 5.92 Å². The summed E-state index contributed by atoms with van der Waals surface area (Å²) >= 11 is 0. The lowest BCUT2D eigenvalue weighted by Gasteiger charge is -2.34. The lowest BCUT2D eigenvalue weighted by molar-refractivity contribution is -0.0494. The Kier molecular flexibility index (Phi) is 10.5. The maximum Gasteiger partial charge on any atom is 0.251 e. The minimum Gasteiger partial charge on any atom is -0.375 e. The maximum absolute atomic E-state index is 14.0. The lowest BCUT2D eigenvalue weighted by atomic mass is 9.81. The zero-order valence-corrected chi connectivity index (χ0v) is 24.0. The van der Waals surface area contributed by atoms with E-state index in [0.29, 0.717) is 36.9 Å².